The molecule has 1 aliphatic heterocycles. The maximum Gasteiger partial charge on any atom is 0.404 e. The van der Waals surface area contributed by atoms with Crippen LogP contribution < -0.4 is 5.32 Å². The van der Waals surface area contributed by atoms with Gasteiger partial charge in [-0.25, -0.2) is 18.1 Å². The smallest absolute Gasteiger partial charge is 0.404 e. The minimum Gasteiger partial charge on any atom is -0.465 e. The molecule has 0 spiro atoms. The molecule has 0 aromatic carbocycles. The lowest BCUT2D eigenvalue weighted by Gasteiger charge is -2.31. The molecule has 1 fully saturated rings. The molecule has 6 nitrogen and oxygen atoms in total. The minimum absolute atomic E-state index is 0.0644. The fourth-order valence-corrected chi connectivity index (χ4v) is 2.43. The van der Waals surface area contributed by atoms with Crippen LogP contribution >= 0.6 is 0 Å². The molecule has 0 radical (unpaired) electrons. The molecule has 82 valence electrons. The van der Waals surface area contributed by atoms with Crippen LogP contribution in [0, 0.1) is 4.78 Å². The van der Waals surface area contributed by atoms with Gasteiger partial charge >= 0.3 is 6.09 Å². The first-order valence-electron chi connectivity index (χ1n) is 4.38. The zero-order chi connectivity index (χ0) is 10.8. The second-order valence-electron chi connectivity index (χ2n) is 3.46. The van der Waals surface area contributed by atoms with Crippen molar-refractivity contribution in [2.75, 3.05) is 19.3 Å². The summed E-state index contributed by atoms with van der Waals surface area (Å²) in [6.45, 7) is 1.04. The van der Waals surface area contributed by atoms with E-state index in [4.69, 9.17) is 9.89 Å². The monoisotopic (exact) mass is 221 g/mol. The van der Waals surface area contributed by atoms with Crippen molar-refractivity contribution < 1.29 is 14.1 Å². The zero-order valence-corrected chi connectivity index (χ0v) is 8.84. The fraction of sp³-hybridized carbons (Fsp3) is 0.857. The molecule has 0 bridgehead atoms. The summed E-state index contributed by atoms with van der Waals surface area (Å²) in [6, 6.07) is -0.0644. The predicted octanol–water partition coefficient (Wildman–Crippen LogP) is 0.310. The molecule has 1 unspecified atom stereocenters. The summed E-state index contributed by atoms with van der Waals surface area (Å²) in [5.41, 5.74) is 0. The number of hydrogen-bond acceptors (Lipinski definition) is 3. The maximum atomic E-state index is 11.3. The molecule has 1 heterocycles. The van der Waals surface area contributed by atoms with Crippen LogP contribution in [-0.2, 0) is 9.92 Å². The van der Waals surface area contributed by atoms with Crippen molar-refractivity contribution in [3.63, 3.8) is 0 Å². The second kappa shape index (κ2) is 4.14. The number of rotatable bonds is 2. The Morgan fingerprint density at radius 2 is 2.07 bits per heavy atom. The van der Waals surface area contributed by atoms with Crippen LogP contribution in [0.4, 0.5) is 4.79 Å². The summed E-state index contributed by atoms with van der Waals surface area (Å²) in [6.07, 6.45) is 1.61. The van der Waals surface area contributed by atoms with Crippen LogP contribution in [0.15, 0.2) is 0 Å². The third-order valence-corrected chi connectivity index (χ3v) is 3.62. The van der Waals surface area contributed by atoms with Gasteiger partial charge in [-0.05, 0) is 12.8 Å². The van der Waals surface area contributed by atoms with Crippen LogP contribution in [0.3, 0.4) is 0 Å². The van der Waals surface area contributed by atoms with Gasteiger partial charge in [-0.3, -0.25) is 0 Å². The Morgan fingerprint density at radius 3 is 2.43 bits per heavy atom. The summed E-state index contributed by atoms with van der Waals surface area (Å²) in [5.74, 6) is 0. The highest BCUT2D eigenvalue weighted by Gasteiger charge is 2.23. The average Bonchev–Trinajstić information content (AvgIpc) is 2.02. The first-order chi connectivity index (χ1) is 6.39. The topological polar surface area (TPSA) is 93.5 Å². The van der Waals surface area contributed by atoms with E-state index >= 15 is 0 Å². The highest BCUT2D eigenvalue weighted by atomic mass is 32.2. The molecule has 0 aliphatic carbocycles. The van der Waals surface area contributed by atoms with Gasteiger partial charge in [0.25, 0.3) is 0 Å². The Morgan fingerprint density at radius 1 is 1.57 bits per heavy atom. The zero-order valence-electron chi connectivity index (χ0n) is 8.02. The van der Waals surface area contributed by atoms with Gasteiger partial charge in [0, 0.05) is 25.4 Å². The number of carbonyl (C=O) groups is 1. The van der Waals surface area contributed by atoms with Crippen molar-refractivity contribution >= 4 is 16.0 Å². The minimum atomic E-state index is -2.62. The summed E-state index contributed by atoms with van der Waals surface area (Å²) < 4.78 is 20.3. The van der Waals surface area contributed by atoms with Gasteiger partial charge in [0.1, 0.15) is 9.92 Å². The van der Waals surface area contributed by atoms with E-state index in [0.29, 0.717) is 25.9 Å². The number of carboxylic acid groups (broad SMARTS) is 1. The third kappa shape index (κ3) is 3.15. The van der Waals surface area contributed by atoms with Crippen molar-refractivity contribution in [1.29, 1.82) is 4.78 Å². The normalized spacial score (nSPS) is 24.1. The predicted molar refractivity (Wildman–Crippen MR) is 52.5 cm³/mol. The van der Waals surface area contributed by atoms with Crippen molar-refractivity contribution in [1.82, 2.24) is 9.62 Å². The van der Waals surface area contributed by atoms with Crippen LogP contribution in [0.25, 0.3) is 0 Å². The van der Waals surface area contributed by atoms with E-state index in [1.165, 1.54) is 6.26 Å². The van der Waals surface area contributed by atoms with Crippen LogP contribution in [-0.4, -0.2) is 45.1 Å². The van der Waals surface area contributed by atoms with E-state index in [1.807, 2.05) is 0 Å². The summed E-state index contributed by atoms with van der Waals surface area (Å²) >= 11 is 0. The van der Waals surface area contributed by atoms with E-state index in [2.05, 4.69) is 5.32 Å². The van der Waals surface area contributed by atoms with Crippen LogP contribution in [0.2, 0.25) is 0 Å². The molecule has 0 saturated carbocycles. The van der Waals surface area contributed by atoms with Crippen molar-refractivity contribution in [3.05, 3.63) is 0 Å². The lowest BCUT2D eigenvalue weighted by atomic mass is 10.1. The molecular weight excluding hydrogens is 206 g/mol. The van der Waals surface area contributed by atoms with Crippen molar-refractivity contribution in [2.45, 2.75) is 18.9 Å². The molecule has 0 aromatic rings. The summed E-state index contributed by atoms with van der Waals surface area (Å²) in [7, 11) is -2.62. The summed E-state index contributed by atoms with van der Waals surface area (Å²) in [5, 5.41) is 10.9. The Labute approximate surface area is 83.4 Å². The molecule has 14 heavy (non-hydrogen) atoms. The van der Waals surface area contributed by atoms with E-state index in [0.717, 1.165) is 0 Å². The largest absolute Gasteiger partial charge is 0.465 e. The second-order valence-corrected chi connectivity index (χ2v) is 5.58. The molecule has 1 rings (SSSR count). The Hall–Kier alpha value is -0.820. The van der Waals surface area contributed by atoms with Crippen LogP contribution in [0.5, 0.6) is 0 Å². The lowest BCUT2D eigenvalue weighted by molar-refractivity contribution is 0.183. The van der Waals surface area contributed by atoms with E-state index < -0.39 is 16.0 Å². The lowest BCUT2D eigenvalue weighted by Crippen LogP contribution is -2.45. The van der Waals surface area contributed by atoms with Crippen molar-refractivity contribution in [3.8, 4) is 0 Å². The number of nitrogens with one attached hydrogen (secondary N) is 2. The highest BCUT2D eigenvalue weighted by Crippen LogP contribution is 2.13. The first-order valence-corrected chi connectivity index (χ1v) is 6.30. The van der Waals surface area contributed by atoms with Gasteiger partial charge < -0.3 is 10.4 Å². The van der Waals surface area contributed by atoms with E-state index in [-0.39, 0.29) is 6.04 Å². The van der Waals surface area contributed by atoms with E-state index in [1.54, 1.807) is 4.31 Å². The number of amides is 1. The summed E-state index contributed by atoms with van der Waals surface area (Å²) in [4.78, 5) is 10.3. The highest BCUT2D eigenvalue weighted by molar-refractivity contribution is 7.89. The van der Waals surface area contributed by atoms with Crippen LogP contribution in [0.1, 0.15) is 12.8 Å². The molecule has 3 N–H and O–H groups in total. The average molecular weight is 221 g/mol. The molecule has 1 aliphatic rings. The first kappa shape index (κ1) is 11.3. The number of piperidine rings is 1. The van der Waals surface area contributed by atoms with Gasteiger partial charge in [-0.2, -0.15) is 0 Å². The Balaban J connectivity index is 2.43. The number of nitrogens with zero attached hydrogens (tertiary/aromatic N) is 1. The molecule has 1 atom stereocenters. The van der Waals surface area contributed by atoms with Gasteiger partial charge in [0.15, 0.2) is 0 Å². The quantitative estimate of drug-likeness (QED) is 0.626. The van der Waals surface area contributed by atoms with Crippen molar-refractivity contribution in [2.24, 2.45) is 0 Å². The maximum absolute atomic E-state index is 11.3. The number of hydrogen-bond donors (Lipinski definition) is 3. The van der Waals surface area contributed by atoms with Gasteiger partial charge in [-0.15, -0.1) is 0 Å². The fourth-order valence-electron chi connectivity index (χ4n) is 1.52. The van der Waals surface area contributed by atoms with E-state index in [9.17, 15) is 9.00 Å². The molecular formula is C7H15N3O3S. The SMILES string of the molecule is CS(=N)(=O)N1CCC(NC(=O)O)CC1. The molecule has 0 aromatic heterocycles. The molecule has 1 saturated heterocycles. The molecule has 7 heteroatoms. The van der Waals surface area contributed by atoms with Gasteiger partial charge in [0.2, 0.25) is 0 Å². The van der Waals surface area contributed by atoms with Gasteiger partial charge in [-0.1, -0.05) is 0 Å². The Kier molecular flexibility index (Phi) is 3.33. The van der Waals surface area contributed by atoms with Gasteiger partial charge in [0.05, 0.1) is 0 Å². The molecule has 1 amide bonds. The standard InChI is InChI=1S/C7H15N3O3S/c1-14(8,13)10-4-2-6(3-5-10)9-7(11)12/h6,8-9H,2-5H2,1H3,(H,11,12). The third-order valence-electron chi connectivity index (χ3n) is 2.27. The Bertz CT molecular complexity index is 306.